The Kier molecular flexibility index (Phi) is 10.0. The summed E-state index contributed by atoms with van der Waals surface area (Å²) in [5.74, 6) is -0.922. The van der Waals surface area contributed by atoms with Gasteiger partial charge in [-0.3, -0.25) is 4.79 Å². The van der Waals surface area contributed by atoms with E-state index in [0.29, 0.717) is 18.7 Å². The fraction of sp³-hybridized carbons (Fsp3) is 0.500. The van der Waals surface area contributed by atoms with Gasteiger partial charge in [-0.2, -0.15) is 0 Å². The molecule has 2 N–H and O–H groups in total. The maximum atomic E-state index is 11.9. The SMILES string of the molecule is CCOC(=O)c1ccc(NC(=O)CCN(CC)CC)cc1O.Cl. The first-order chi connectivity index (χ1) is 10.5. The molecule has 0 spiro atoms. The lowest BCUT2D eigenvalue weighted by Gasteiger charge is -2.17. The minimum atomic E-state index is -0.584. The lowest BCUT2D eigenvalue weighted by Crippen LogP contribution is -2.27. The van der Waals surface area contributed by atoms with Gasteiger partial charge in [0.1, 0.15) is 11.3 Å². The highest BCUT2D eigenvalue weighted by atomic mass is 35.5. The van der Waals surface area contributed by atoms with Crippen LogP contribution >= 0.6 is 12.4 Å². The van der Waals surface area contributed by atoms with Crippen LogP contribution in [0, 0.1) is 0 Å². The van der Waals surface area contributed by atoms with E-state index in [1.165, 1.54) is 12.1 Å². The van der Waals surface area contributed by atoms with Crippen LogP contribution in [-0.4, -0.2) is 48.1 Å². The third kappa shape index (κ3) is 6.88. The number of amides is 1. The number of rotatable bonds is 8. The number of nitrogens with zero attached hydrogens (tertiary/aromatic N) is 1. The Balaban J connectivity index is 0.00000484. The molecule has 1 aromatic carbocycles. The van der Waals surface area contributed by atoms with E-state index in [1.54, 1.807) is 13.0 Å². The molecule has 1 rings (SSSR count). The number of hydrogen-bond acceptors (Lipinski definition) is 5. The third-order valence-corrected chi connectivity index (χ3v) is 3.33. The smallest absolute Gasteiger partial charge is 0.341 e. The molecule has 7 heteroatoms. The van der Waals surface area contributed by atoms with Crippen LogP contribution in [0.15, 0.2) is 18.2 Å². The number of carbonyl (C=O) groups is 2. The first-order valence-electron chi connectivity index (χ1n) is 7.54. The van der Waals surface area contributed by atoms with Crippen molar-refractivity contribution in [3.05, 3.63) is 23.8 Å². The van der Waals surface area contributed by atoms with Gasteiger partial charge in [-0.05, 0) is 32.1 Å². The van der Waals surface area contributed by atoms with E-state index >= 15 is 0 Å². The molecule has 130 valence electrons. The second-order valence-electron chi connectivity index (χ2n) is 4.78. The average molecular weight is 345 g/mol. The number of nitrogens with one attached hydrogen (secondary N) is 1. The minimum absolute atomic E-state index is 0. The Morgan fingerprint density at radius 2 is 1.87 bits per heavy atom. The first kappa shape index (κ1) is 21.2. The van der Waals surface area contributed by atoms with Crippen molar-refractivity contribution in [2.75, 3.05) is 31.6 Å². The summed E-state index contributed by atoms with van der Waals surface area (Å²) in [6, 6.07) is 4.36. The van der Waals surface area contributed by atoms with Crippen molar-refractivity contribution < 1.29 is 19.4 Å². The highest BCUT2D eigenvalue weighted by molar-refractivity contribution is 5.95. The standard InChI is InChI=1S/C16H24N2O4.ClH/c1-4-18(5-2)10-9-15(20)17-12-7-8-13(14(19)11-12)16(21)22-6-3;/h7-8,11,19H,4-6,9-10H2,1-3H3,(H,17,20);1H. The Bertz CT molecular complexity index is 519. The Morgan fingerprint density at radius 1 is 1.22 bits per heavy atom. The number of phenols is 1. The molecular weight excluding hydrogens is 320 g/mol. The largest absolute Gasteiger partial charge is 0.507 e. The van der Waals surface area contributed by atoms with Crippen LogP contribution in [0.1, 0.15) is 37.6 Å². The van der Waals surface area contributed by atoms with Gasteiger partial charge in [0.05, 0.1) is 6.61 Å². The highest BCUT2D eigenvalue weighted by Crippen LogP contribution is 2.22. The zero-order chi connectivity index (χ0) is 16.5. The number of hydrogen-bond donors (Lipinski definition) is 2. The maximum absolute atomic E-state index is 11.9. The molecule has 1 amide bonds. The second-order valence-corrected chi connectivity index (χ2v) is 4.78. The summed E-state index contributed by atoms with van der Waals surface area (Å²) in [4.78, 5) is 25.6. The fourth-order valence-electron chi connectivity index (χ4n) is 2.01. The van der Waals surface area contributed by atoms with Gasteiger partial charge in [0.25, 0.3) is 0 Å². The molecule has 0 atom stereocenters. The Hall–Kier alpha value is -1.79. The fourth-order valence-corrected chi connectivity index (χ4v) is 2.01. The highest BCUT2D eigenvalue weighted by Gasteiger charge is 2.13. The van der Waals surface area contributed by atoms with E-state index in [2.05, 4.69) is 10.2 Å². The zero-order valence-corrected chi connectivity index (χ0v) is 14.6. The predicted octanol–water partition coefficient (Wildman–Crippen LogP) is 2.66. The summed E-state index contributed by atoms with van der Waals surface area (Å²) in [7, 11) is 0. The lowest BCUT2D eigenvalue weighted by atomic mass is 10.2. The van der Waals surface area contributed by atoms with Gasteiger partial charge >= 0.3 is 5.97 Å². The van der Waals surface area contributed by atoms with Crippen molar-refractivity contribution >= 4 is 30.0 Å². The topological polar surface area (TPSA) is 78.9 Å². The molecule has 0 aliphatic carbocycles. The molecule has 0 aromatic heterocycles. The second kappa shape index (κ2) is 10.9. The molecule has 0 heterocycles. The van der Waals surface area contributed by atoms with Gasteiger partial charge in [0, 0.05) is 24.7 Å². The average Bonchev–Trinajstić information content (AvgIpc) is 2.48. The summed E-state index contributed by atoms with van der Waals surface area (Å²) in [5, 5.41) is 12.5. The van der Waals surface area contributed by atoms with Gasteiger partial charge < -0.3 is 20.1 Å². The molecule has 0 bridgehead atoms. The van der Waals surface area contributed by atoms with Gasteiger partial charge in [0.2, 0.25) is 5.91 Å². The molecule has 0 saturated heterocycles. The van der Waals surface area contributed by atoms with Crippen molar-refractivity contribution in [1.29, 1.82) is 0 Å². The Morgan fingerprint density at radius 3 is 2.39 bits per heavy atom. The van der Waals surface area contributed by atoms with Crippen LogP contribution in [0.4, 0.5) is 5.69 Å². The van der Waals surface area contributed by atoms with Crippen LogP contribution in [0.3, 0.4) is 0 Å². The van der Waals surface area contributed by atoms with Crippen molar-refractivity contribution in [1.82, 2.24) is 4.90 Å². The van der Waals surface area contributed by atoms with Gasteiger partial charge in [-0.1, -0.05) is 13.8 Å². The number of carbonyl (C=O) groups excluding carboxylic acids is 2. The summed E-state index contributed by atoms with van der Waals surface area (Å²) in [6.07, 6.45) is 0.377. The molecule has 0 aliphatic heterocycles. The number of aromatic hydroxyl groups is 1. The zero-order valence-electron chi connectivity index (χ0n) is 13.8. The summed E-state index contributed by atoms with van der Waals surface area (Å²) in [6.45, 7) is 8.52. The first-order valence-corrected chi connectivity index (χ1v) is 7.54. The van der Waals surface area contributed by atoms with Crippen molar-refractivity contribution in [2.45, 2.75) is 27.2 Å². The minimum Gasteiger partial charge on any atom is -0.507 e. The van der Waals surface area contributed by atoms with Crippen molar-refractivity contribution in [2.24, 2.45) is 0 Å². The van der Waals surface area contributed by atoms with Crippen molar-refractivity contribution in [3.8, 4) is 5.75 Å². The van der Waals surface area contributed by atoms with E-state index in [-0.39, 0.29) is 36.2 Å². The number of benzene rings is 1. The molecule has 0 unspecified atom stereocenters. The maximum Gasteiger partial charge on any atom is 0.341 e. The number of ether oxygens (including phenoxy) is 1. The normalized spacial score (nSPS) is 10.1. The van der Waals surface area contributed by atoms with E-state index in [4.69, 9.17) is 4.74 Å². The van der Waals surface area contributed by atoms with Crippen LogP contribution in [0.5, 0.6) is 5.75 Å². The molecule has 0 radical (unpaired) electrons. The quantitative estimate of drug-likeness (QED) is 0.709. The molecule has 0 saturated carbocycles. The van der Waals surface area contributed by atoms with Gasteiger partial charge in [-0.15, -0.1) is 12.4 Å². The van der Waals surface area contributed by atoms with Crippen LogP contribution in [0.25, 0.3) is 0 Å². The monoisotopic (exact) mass is 344 g/mol. The number of anilines is 1. The number of esters is 1. The summed E-state index contributed by atoms with van der Waals surface area (Å²) < 4.78 is 4.83. The number of phenolic OH excluding ortho intramolecular Hbond substituents is 1. The molecular formula is C16H25ClN2O4. The van der Waals surface area contributed by atoms with E-state index in [1.807, 2.05) is 13.8 Å². The van der Waals surface area contributed by atoms with E-state index in [9.17, 15) is 14.7 Å². The molecule has 0 fully saturated rings. The molecule has 6 nitrogen and oxygen atoms in total. The number of halogens is 1. The van der Waals surface area contributed by atoms with Gasteiger partial charge in [0.15, 0.2) is 0 Å². The molecule has 0 aliphatic rings. The molecule has 1 aromatic rings. The predicted molar refractivity (Wildman–Crippen MR) is 92.3 cm³/mol. The van der Waals surface area contributed by atoms with Crippen LogP contribution < -0.4 is 5.32 Å². The summed E-state index contributed by atoms with van der Waals surface area (Å²) >= 11 is 0. The molecule has 23 heavy (non-hydrogen) atoms. The third-order valence-electron chi connectivity index (χ3n) is 3.33. The lowest BCUT2D eigenvalue weighted by molar-refractivity contribution is -0.116. The Labute approximate surface area is 143 Å². The van der Waals surface area contributed by atoms with E-state index in [0.717, 1.165) is 13.1 Å². The summed E-state index contributed by atoms with van der Waals surface area (Å²) in [5.41, 5.74) is 0.540. The van der Waals surface area contributed by atoms with Crippen molar-refractivity contribution in [3.63, 3.8) is 0 Å². The van der Waals surface area contributed by atoms with E-state index < -0.39 is 5.97 Å². The van der Waals surface area contributed by atoms with Crippen LogP contribution in [0.2, 0.25) is 0 Å². The van der Waals surface area contributed by atoms with Crippen LogP contribution in [-0.2, 0) is 9.53 Å². The van der Waals surface area contributed by atoms with Gasteiger partial charge in [-0.25, -0.2) is 4.79 Å².